The van der Waals surface area contributed by atoms with Crippen LogP contribution in [0.4, 0.5) is 17.1 Å². The molecule has 11 aromatic rings. The number of nitrogens with zero attached hydrogens (tertiary/aromatic N) is 2. The summed E-state index contributed by atoms with van der Waals surface area (Å²) in [5.41, 5.74) is 14.0. The average molecular weight is 751 g/mol. The molecule has 0 radical (unpaired) electrons. The van der Waals surface area contributed by atoms with Crippen LogP contribution in [0, 0.1) is 0 Å². The molecule has 1 aromatic heterocycles. The Labute approximate surface area is 343 Å². The fraction of sp³-hybridized carbons (Fsp3) is 0.0175. The highest BCUT2D eigenvalue weighted by atomic mass is 15.1. The van der Waals surface area contributed by atoms with Crippen molar-refractivity contribution in [2.75, 3.05) is 4.90 Å². The van der Waals surface area contributed by atoms with Crippen LogP contribution in [0.1, 0.15) is 22.3 Å². The van der Waals surface area contributed by atoms with Crippen LogP contribution in [-0.2, 0) is 5.41 Å². The van der Waals surface area contributed by atoms with Crippen molar-refractivity contribution < 1.29 is 0 Å². The lowest BCUT2D eigenvalue weighted by atomic mass is 9.67. The summed E-state index contributed by atoms with van der Waals surface area (Å²) in [7, 11) is 0. The first kappa shape index (κ1) is 33.5. The lowest BCUT2D eigenvalue weighted by Crippen LogP contribution is -2.28. The molecule has 0 aliphatic heterocycles. The molecule has 276 valence electrons. The summed E-state index contributed by atoms with van der Waals surface area (Å²) < 4.78 is 2.41. The van der Waals surface area contributed by atoms with Gasteiger partial charge in [0.25, 0.3) is 0 Å². The van der Waals surface area contributed by atoms with Gasteiger partial charge in [0.1, 0.15) is 0 Å². The van der Waals surface area contributed by atoms with Crippen LogP contribution in [0.25, 0.3) is 60.2 Å². The molecule has 0 saturated heterocycles. The summed E-state index contributed by atoms with van der Waals surface area (Å²) in [6.07, 6.45) is 0. The van der Waals surface area contributed by atoms with Gasteiger partial charge in [-0.05, 0) is 110 Å². The molecule has 0 amide bonds. The normalized spacial score (nSPS) is 12.9. The van der Waals surface area contributed by atoms with Crippen LogP contribution in [0.2, 0.25) is 0 Å². The Morgan fingerprint density at radius 3 is 1.64 bits per heavy atom. The quantitative estimate of drug-likeness (QED) is 0.164. The highest BCUT2D eigenvalue weighted by molar-refractivity contribution is 6.11. The Kier molecular flexibility index (Phi) is 7.48. The van der Waals surface area contributed by atoms with E-state index in [2.05, 4.69) is 240 Å². The van der Waals surface area contributed by atoms with E-state index < -0.39 is 5.41 Å². The fourth-order valence-electron chi connectivity index (χ4n) is 10.1. The standard InChI is InChI=1S/C57H38N2/c1-4-19-42(20-5-1)57(43-21-6-2-7-22-43)52-35-29-40-17-12-13-25-48(40)56(52)51-34-32-46(37-53(51)57)58(45-30-28-39-16-10-11-18-41(39)36-45)47-31-33-50-49-26-14-15-27-54(49)59(55(50)38-47)44-23-8-3-9-24-44/h1-38H. The number of anilines is 3. The molecule has 0 saturated carbocycles. The number of hydrogen-bond donors (Lipinski definition) is 0. The second-order valence-electron chi connectivity index (χ2n) is 15.7. The Balaban J connectivity index is 1.17. The predicted molar refractivity (Wildman–Crippen MR) is 248 cm³/mol. The molecule has 0 atom stereocenters. The SMILES string of the molecule is c1ccc(-n2c3ccccc3c3ccc(N(c4ccc5c(c4)C(c4ccccc4)(c4ccccc4)c4ccc6ccccc6c4-5)c4ccc5ccccc5c4)cc32)cc1. The topological polar surface area (TPSA) is 8.17 Å². The first-order chi connectivity index (χ1) is 29.3. The summed E-state index contributed by atoms with van der Waals surface area (Å²) in [5, 5.41) is 7.43. The minimum Gasteiger partial charge on any atom is -0.310 e. The van der Waals surface area contributed by atoms with E-state index >= 15 is 0 Å². The summed E-state index contributed by atoms with van der Waals surface area (Å²) in [5.74, 6) is 0. The summed E-state index contributed by atoms with van der Waals surface area (Å²) in [4.78, 5) is 2.46. The van der Waals surface area contributed by atoms with E-state index in [1.807, 2.05) is 0 Å². The van der Waals surface area contributed by atoms with Crippen LogP contribution < -0.4 is 4.90 Å². The zero-order valence-corrected chi connectivity index (χ0v) is 32.3. The van der Waals surface area contributed by atoms with Crippen molar-refractivity contribution in [2.24, 2.45) is 0 Å². The number of fused-ring (bicyclic) bond motifs is 9. The molecule has 12 rings (SSSR count). The van der Waals surface area contributed by atoms with E-state index in [9.17, 15) is 0 Å². The molecule has 59 heavy (non-hydrogen) atoms. The average Bonchev–Trinajstić information content (AvgIpc) is 3.80. The molecule has 1 aliphatic rings. The van der Waals surface area contributed by atoms with Crippen LogP contribution >= 0.6 is 0 Å². The molecule has 0 N–H and O–H groups in total. The first-order valence-electron chi connectivity index (χ1n) is 20.4. The Hall–Kier alpha value is -7.68. The summed E-state index contributed by atoms with van der Waals surface area (Å²) >= 11 is 0. The monoisotopic (exact) mass is 750 g/mol. The minimum atomic E-state index is -0.550. The van der Waals surface area contributed by atoms with Gasteiger partial charge < -0.3 is 9.47 Å². The van der Waals surface area contributed by atoms with Gasteiger partial charge in [0, 0.05) is 33.5 Å². The number of aromatic nitrogens is 1. The Bertz CT molecular complexity index is 3340. The van der Waals surface area contributed by atoms with E-state index in [0.717, 1.165) is 22.7 Å². The van der Waals surface area contributed by atoms with Gasteiger partial charge in [0.15, 0.2) is 0 Å². The highest BCUT2D eigenvalue weighted by Crippen LogP contribution is 2.59. The van der Waals surface area contributed by atoms with Crippen molar-refractivity contribution in [3.05, 3.63) is 253 Å². The summed E-state index contributed by atoms with van der Waals surface area (Å²) in [6.45, 7) is 0. The Morgan fingerprint density at radius 1 is 0.339 bits per heavy atom. The van der Waals surface area contributed by atoms with Gasteiger partial charge in [-0.25, -0.2) is 0 Å². The van der Waals surface area contributed by atoms with E-state index in [0.29, 0.717) is 0 Å². The van der Waals surface area contributed by atoms with Crippen molar-refractivity contribution in [3.63, 3.8) is 0 Å². The number of benzene rings is 10. The molecule has 10 aromatic carbocycles. The van der Waals surface area contributed by atoms with Gasteiger partial charge in [-0.2, -0.15) is 0 Å². The molecule has 1 heterocycles. The fourth-order valence-corrected chi connectivity index (χ4v) is 10.1. The Morgan fingerprint density at radius 2 is 0.881 bits per heavy atom. The van der Waals surface area contributed by atoms with Gasteiger partial charge in [-0.1, -0.05) is 176 Å². The molecule has 1 aliphatic carbocycles. The zero-order valence-electron chi connectivity index (χ0n) is 32.3. The van der Waals surface area contributed by atoms with Crippen molar-refractivity contribution >= 4 is 60.4 Å². The van der Waals surface area contributed by atoms with E-state index in [1.54, 1.807) is 0 Å². The van der Waals surface area contributed by atoms with E-state index in [4.69, 9.17) is 0 Å². The largest absolute Gasteiger partial charge is 0.310 e. The molecule has 0 unspecified atom stereocenters. The van der Waals surface area contributed by atoms with Crippen molar-refractivity contribution in [3.8, 4) is 16.8 Å². The summed E-state index contributed by atoms with van der Waals surface area (Å²) in [6, 6.07) is 85.0. The van der Waals surface area contributed by atoms with Gasteiger partial charge in [-0.3, -0.25) is 0 Å². The van der Waals surface area contributed by atoms with Gasteiger partial charge in [0.05, 0.1) is 16.4 Å². The highest BCUT2D eigenvalue weighted by Gasteiger charge is 2.47. The molecular formula is C57H38N2. The maximum Gasteiger partial charge on any atom is 0.0714 e. The molecular weight excluding hydrogens is 713 g/mol. The van der Waals surface area contributed by atoms with Crippen molar-refractivity contribution in [1.82, 2.24) is 4.57 Å². The van der Waals surface area contributed by atoms with E-state index in [-0.39, 0.29) is 0 Å². The molecule has 0 spiro atoms. The number of hydrogen-bond acceptors (Lipinski definition) is 1. The third kappa shape index (κ3) is 5.00. The van der Waals surface area contributed by atoms with Gasteiger partial charge in [0.2, 0.25) is 0 Å². The van der Waals surface area contributed by atoms with Crippen LogP contribution in [0.3, 0.4) is 0 Å². The number of para-hydroxylation sites is 2. The zero-order chi connectivity index (χ0) is 38.9. The lowest BCUT2D eigenvalue weighted by molar-refractivity contribution is 0.769. The maximum absolute atomic E-state index is 2.48. The van der Waals surface area contributed by atoms with Crippen molar-refractivity contribution in [1.29, 1.82) is 0 Å². The maximum atomic E-state index is 2.48. The third-order valence-electron chi connectivity index (χ3n) is 12.6. The molecule has 2 nitrogen and oxygen atoms in total. The van der Waals surface area contributed by atoms with Crippen LogP contribution in [-0.4, -0.2) is 4.57 Å². The first-order valence-corrected chi connectivity index (χ1v) is 20.4. The third-order valence-corrected chi connectivity index (χ3v) is 12.6. The van der Waals surface area contributed by atoms with Gasteiger partial charge in [-0.15, -0.1) is 0 Å². The second-order valence-corrected chi connectivity index (χ2v) is 15.7. The van der Waals surface area contributed by atoms with E-state index in [1.165, 1.54) is 76.7 Å². The predicted octanol–water partition coefficient (Wildman–Crippen LogP) is 14.9. The van der Waals surface area contributed by atoms with Crippen LogP contribution in [0.5, 0.6) is 0 Å². The molecule has 0 bridgehead atoms. The minimum absolute atomic E-state index is 0.550. The van der Waals surface area contributed by atoms with Gasteiger partial charge >= 0.3 is 0 Å². The second kappa shape index (κ2) is 13.2. The molecule has 0 fully saturated rings. The lowest BCUT2D eigenvalue weighted by Gasteiger charge is -2.35. The van der Waals surface area contributed by atoms with Crippen LogP contribution in [0.15, 0.2) is 231 Å². The smallest absolute Gasteiger partial charge is 0.0714 e. The molecule has 2 heteroatoms. The number of rotatable bonds is 6. The van der Waals surface area contributed by atoms with Crippen molar-refractivity contribution in [2.45, 2.75) is 5.41 Å².